The average molecular weight is 400 g/mol. The highest BCUT2D eigenvalue weighted by Gasteiger charge is 2.13. The van der Waals surface area contributed by atoms with Crippen LogP contribution in [-0.4, -0.2) is 34.2 Å². The van der Waals surface area contributed by atoms with Crippen LogP contribution < -0.4 is 0 Å². The van der Waals surface area contributed by atoms with Gasteiger partial charge in [0, 0.05) is 35.7 Å². The number of carboxylic acid groups (broad SMARTS) is 2. The van der Waals surface area contributed by atoms with Crippen LogP contribution in [-0.2, 0) is 14.3 Å². The monoisotopic (exact) mass is 399 g/mol. The molecule has 0 spiro atoms. The Hall–Kier alpha value is -3.22. The van der Waals surface area contributed by atoms with Crippen molar-refractivity contribution in [1.82, 2.24) is 4.98 Å². The van der Waals surface area contributed by atoms with Crippen LogP contribution in [0.4, 0.5) is 0 Å². The van der Waals surface area contributed by atoms with E-state index < -0.39 is 11.9 Å². The van der Waals surface area contributed by atoms with Crippen LogP contribution in [0.1, 0.15) is 17.2 Å². The van der Waals surface area contributed by atoms with Crippen molar-refractivity contribution < 1.29 is 24.5 Å². The Morgan fingerprint density at radius 1 is 0.929 bits per heavy atom. The number of ether oxygens (including phenoxy) is 1. The number of halogens is 1. The minimum absolute atomic E-state index is 0.117. The molecule has 0 radical (unpaired) electrons. The van der Waals surface area contributed by atoms with Crippen LogP contribution in [0, 0.1) is 0 Å². The molecule has 1 unspecified atom stereocenters. The molecule has 0 aliphatic rings. The van der Waals surface area contributed by atoms with E-state index in [2.05, 4.69) is 29.2 Å². The Bertz CT molecular complexity index is 917. The number of aromatic nitrogens is 1. The number of rotatable bonds is 4. The molecule has 3 aromatic rings. The van der Waals surface area contributed by atoms with Crippen molar-refractivity contribution in [1.29, 1.82) is 0 Å². The normalized spacial score (nSPS) is 11.1. The molecule has 2 aromatic carbocycles. The van der Waals surface area contributed by atoms with Gasteiger partial charge in [0.1, 0.15) is 6.10 Å². The summed E-state index contributed by atoms with van der Waals surface area (Å²) >= 11 is 6.25. The van der Waals surface area contributed by atoms with Gasteiger partial charge in [0.2, 0.25) is 0 Å². The number of carbonyl (C=O) groups is 2. The summed E-state index contributed by atoms with van der Waals surface area (Å²) in [5.74, 6) is -3.65. The minimum atomic E-state index is -1.82. The Morgan fingerprint density at radius 3 is 2.07 bits per heavy atom. The Labute approximate surface area is 167 Å². The van der Waals surface area contributed by atoms with Crippen molar-refractivity contribution in [2.75, 3.05) is 7.11 Å². The molecule has 0 saturated heterocycles. The molecule has 3 rings (SSSR count). The lowest BCUT2D eigenvalue weighted by Crippen LogP contribution is -2.09. The van der Waals surface area contributed by atoms with E-state index in [4.69, 9.17) is 36.1 Å². The molecule has 1 atom stereocenters. The highest BCUT2D eigenvalue weighted by Crippen LogP contribution is 2.30. The largest absolute Gasteiger partial charge is 0.473 e. The van der Waals surface area contributed by atoms with E-state index in [1.165, 1.54) is 0 Å². The number of aliphatic carboxylic acids is 2. The second kappa shape index (κ2) is 10.2. The molecule has 0 amide bonds. The third-order valence-electron chi connectivity index (χ3n) is 3.80. The molecule has 1 aromatic heterocycles. The highest BCUT2D eigenvalue weighted by molar-refractivity contribution is 6.33. The number of methoxy groups -OCH3 is 1. The minimum Gasteiger partial charge on any atom is -0.473 e. The zero-order valence-corrected chi connectivity index (χ0v) is 15.7. The predicted octanol–water partition coefficient (Wildman–Crippen LogP) is 4.29. The average Bonchev–Trinajstić information content (AvgIpc) is 2.71. The molecule has 0 aliphatic carbocycles. The number of nitrogens with zero attached hydrogens (tertiary/aromatic N) is 1. The van der Waals surface area contributed by atoms with Crippen molar-refractivity contribution in [2.24, 2.45) is 0 Å². The zero-order chi connectivity index (χ0) is 20.5. The molecule has 144 valence electrons. The summed E-state index contributed by atoms with van der Waals surface area (Å²) in [4.78, 5) is 22.4. The first-order valence-corrected chi connectivity index (χ1v) is 8.55. The zero-order valence-electron chi connectivity index (χ0n) is 14.9. The van der Waals surface area contributed by atoms with Crippen LogP contribution in [0.2, 0.25) is 5.02 Å². The van der Waals surface area contributed by atoms with E-state index in [1.54, 1.807) is 13.3 Å². The van der Waals surface area contributed by atoms with Gasteiger partial charge in [0.15, 0.2) is 0 Å². The van der Waals surface area contributed by atoms with Gasteiger partial charge in [-0.25, -0.2) is 9.59 Å². The molecule has 0 aliphatic heterocycles. The number of carboxylic acids is 2. The SMILES string of the molecule is COC(c1ccc(-c2ccccc2Cl)cc1)c1cccnc1.O=C(O)C(=O)O. The van der Waals surface area contributed by atoms with Gasteiger partial charge in [0.25, 0.3) is 0 Å². The summed E-state index contributed by atoms with van der Waals surface area (Å²) in [6.07, 6.45) is 3.47. The summed E-state index contributed by atoms with van der Waals surface area (Å²) in [7, 11) is 1.71. The molecule has 0 bridgehead atoms. The van der Waals surface area contributed by atoms with Gasteiger partial charge in [-0.15, -0.1) is 0 Å². The quantitative estimate of drug-likeness (QED) is 0.635. The maximum absolute atomic E-state index is 9.10. The number of hydrogen-bond acceptors (Lipinski definition) is 4. The molecule has 1 heterocycles. The van der Waals surface area contributed by atoms with E-state index in [1.807, 2.05) is 42.6 Å². The fourth-order valence-electron chi connectivity index (χ4n) is 2.53. The molecule has 0 fully saturated rings. The van der Waals surface area contributed by atoms with Gasteiger partial charge in [-0.1, -0.05) is 60.1 Å². The van der Waals surface area contributed by atoms with Gasteiger partial charge in [-0.05, 0) is 23.3 Å². The molecule has 6 nitrogen and oxygen atoms in total. The molecule has 7 heteroatoms. The lowest BCUT2D eigenvalue weighted by molar-refractivity contribution is -0.159. The van der Waals surface area contributed by atoms with Crippen molar-refractivity contribution in [3.05, 3.63) is 89.2 Å². The topological polar surface area (TPSA) is 96.7 Å². The molecular formula is C21H18ClNO5. The summed E-state index contributed by atoms with van der Waals surface area (Å²) in [5.41, 5.74) is 4.25. The van der Waals surface area contributed by atoms with Crippen LogP contribution in [0.25, 0.3) is 11.1 Å². The van der Waals surface area contributed by atoms with E-state index in [0.29, 0.717) is 0 Å². The van der Waals surface area contributed by atoms with Crippen molar-refractivity contribution in [3.8, 4) is 11.1 Å². The second-order valence-corrected chi connectivity index (χ2v) is 6.02. The first-order valence-electron chi connectivity index (χ1n) is 8.17. The van der Waals surface area contributed by atoms with E-state index >= 15 is 0 Å². The van der Waals surface area contributed by atoms with Crippen molar-refractivity contribution >= 4 is 23.5 Å². The molecule has 28 heavy (non-hydrogen) atoms. The second-order valence-electron chi connectivity index (χ2n) is 5.61. The predicted molar refractivity (Wildman–Crippen MR) is 105 cm³/mol. The summed E-state index contributed by atoms with van der Waals surface area (Å²) < 4.78 is 5.63. The van der Waals surface area contributed by atoms with Gasteiger partial charge in [0.05, 0.1) is 0 Å². The van der Waals surface area contributed by atoms with Crippen LogP contribution >= 0.6 is 11.6 Å². The Morgan fingerprint density at radius 2 is 1.57 bits per heavy atom. The van der Waals surface area contributed by atoms with Gasteiger partial charge in [-0.3, -0.25) is 4.98 Å². The van der Waals surface area contributed by atoms with E-state index in [-0.39, 0.29) is 6.10 Å². The van der Waals surface area contributed by atoms with Crippen molar-refractivity contribution in [2.45, 2.75) is 6.10 Å². The Kier molecular flexibility index (Phi) is 7.68. The van der Waals surface area contributed by atoms with Gasteiger partial charge >= 0.3 is 11.9 Å². The standard InChI is InChI=1S/C19H16ClNO.C2H2O4/c1-22-19(16-5-4-12-21-13-16)15-10-8-14(9-11-15)17-6-2-3-7-18(17)20;3-1(4)2(5)6/h2-13,19H,1H3;(H,3,4)(H,5,6). The summed E-state index contributed by atoms with van der Waals surface area (Å²) in [6.45, 7) is 0. The third-order valence-corrected chi connectivity index (χ3v) is 4.13. The van der Waals surface area contributed by atoms with Crippen LogP contribution in [0.3, 0.4) is 0 Å². The van der Waals surface area contributed by atoms with Crippen LogP contribution in [0.5, 0.6) is 0 Å². The van der Waals surface area contributed by atoms with Gasteiger partial charge < -0.3 is 14.9 Å². The number of pyridine rings is 1. The van der Waals surface area contributed by atoms with E-state index in [0.717, 1.165) is 27.3 Å². The van der Waals surface area contributed by atoms with Crippen molar-refractivity contribution in [3.63, 3.8) is 0 Å². The fraction of sp³-hybridized carbons (Fsp3) is 0.0952. The summed E-state index contributed by atoms with van der Waals surface area (Å²) in [6, 6.07) is 20.1. The molecule has 0 saturated carbocycles. The lowest BCUT2D eigenvalue weighted by atomic mass is 9.99. The first-order chi connectivity index (χ1) is 13.4. The summed E-state index contributed by atoms with van der Waals surface area (Å²) in [5, 5.41) is 15.5. The lowest BCUT2D eigenvalue weighted by Gasteiger charge is -2.16. The van der Waals surface area contributed by atoms with E-state index in [9.17, 15) is 0 Å². The van der Waals surface area contributed by atoms with Gasteiger partial charge in [-0.2, -0.15) is 0 Å². The smallest absolute Gasteiger partial charge is 0.414 e. The Balaban J connectivity index is 0.000000409. The maximum Gasteiger partial charge on any atom is 0.414 e. The third kappa shape index (κ3) is 5.64. The number of benzene rings is 2. The molecular weight excluding hydrogens is 382 g/mol. The molecule has 2 N–H and O–H groups in total. The number of hydrogen-bond donors (Lipinski definition) is 2. The maximum atomic E-state index is 9.10. The van der Waals surface area contributed by atoms with Crippen LogP contribution in [0.15, 0.2) is 73.1 Å². The highest BCUT2D eigenvalue weighted by atomic mass is 35.5. The fourth-order valence-corrected chi connectivity index (χ4v) is 2.77. The first kappa shape index (κ1) is 21.1.